The monoisotopic (exact) mass is 338 g/mol. The third-order valence-electron chi connectivity index (χ3n) is 4.54. The summed E-state index contributed by atoms with van der Waals surface area (Å²) < 4.78 is 0. The Bertz CT molecular complexity index is 892. The van der Waals surface area contributed by atoms with Crippen LogP contribution in [0.3, 0.4) is 0 Å². The molecule has 0 unspecified atom stereocenters. The van der Waals surface area contributed by atoms with Crippen LogP contribution in [0, 0.1) is 10.1 Å². The number of aromatic nitrogens is 3. The van der Waals surface area contributed by atoms with E-state index < -0.39 is 4.92 Å². The van der Waals surface area contributed by atoms with Gasteiger partial charge in [0.1, 0.15) is 12.0 Å². The van der Waals surface area contributed by atoms with Gasteiger partial charge in [-0.2, -0.15) is 5.10 Å². The van der Waals surface area contributed by atoms with E-state index in [-0.39, 0.29) is 11.7 Å². The number of H-pyrrole nitrogens is 1. The molecular formula is C17H18N6O2. The minimum atomic E-state index is -0.440. The topological polar surface area (TPSA) is 100.0 Å². The summed E-state index contributed by atoms with van der Waals surface area (Å²) >= 11 is 0. The Morgan fingerprint density at radius 3 is 3.04 bits per heavy atom. The molecule has 25 heavy (non-hydrogen) atoms. The van der Waals surface area contributed by atoms with Crippen molar-refractivity contribution >= 4 is 22.4 Å². The number of hydrogen-bond acceptors (Lipinski definition) is 6. The Hall–Kier alpha value is -3.00. The van der Waals surface area contributed by atoms with Gasteiger partial charge in [0.25, 0.3) is 5.69 Å². The van der Waals surface area contributed by atoms with Crippen molar-refractivity contribution < 1.29 is 4.92 Å². The molecule has 0 saturated carbocycles. The van der Waals surface area contributed by atoms with Gasteiger partial charge in [-0.3, -0.25) is 20.1 Å². The Kier molecular flexibility index (Phi) is 4.02. The van der Waals surface area contributed by atoms with Crippen molar-refractivity contribution in [2.24, 2.45) is 0 Å². The summed E-state index contributed by atoms with van der Waals surface area (Å²) in [6.45, 7) is 2.77. The fourth-order valence-electron chi connectivity index (χ4n) is 3.29. The summed E-state index contributed by atoms with van der Waals surface area (Å²) in [5, 5.41) is 22.3. The number of hydrogen-bond donors (Lipinski definition) is 2. The molecule has 1 aromatic carbocycles. The first-order chi connectivity index (χ1) is 12.2. The van der Waals surface area contributed by atoms with E-state index >= 15 is 0 Å². The maximum atomic E-state index is 10.7. The average molecular weight is 338 g/mol. The SMILES string of the molecule is O=[N+]([O-])c1ccc(N[C@H]2CCN(Cc3cccc4cn[nH]c34)C2)nc1. The fourth-order valence-corrected chi connectivity index (χ4v) is 3.29. The van der Waals surface area contributed by atoms with Gasteiger partial charge in [0.15, 0.2) is 0 Å². The van der Waals surface area contributed by atoms with E-state index in [9.17, 15) is 10.1 Å². The molecular weight excluding hydrogens is 320 g/mol. The minimum absolute atomic E-state index is 0.00579. The Morgan fingerprint density at radius 1 is 1.32 bits per heavy atom. The number of anilines is 1. The van der Waals surface area contributed by atoms with Gasteiger partial charge in [0, 0.05) is 37.1 Å². The number of pyridine rings is 1. The number of fused-ring (bicyclic) bond motifs is 1. The molecule has 0 radical (unpaired) electrons. The number of aromatic amines is 1. The summed E-state index contributed by atoms with van der Waals surface area (Å²) in [4.78, 5) is 16.7. The molecule has 0 aliphatic carbocycles. The van der Waals surface area contributed by atoms with Crippen molar-refractivity contribution in [3.8, 4) is 0 Å². The molecule has 1 aliphatic heterocycles. The van der Waals surface area contributed by atoms with Crippen LogP contribution in [-0.2, 0) is 6.54 Å². The van der Waals surface area contributed by atoms with Crippen LogP contribution in [0.1, 0.15) is 12.0 Å². The lowest BCUT2D eigenvalue weighted by molar-refractivity contribution is -0.385. The molecule has 8 nitrogen and oxygen atoms in total. The van der Waals surface area contributed by atoms with Gasteiger partial charge in [-0.15, -0.1) is 0 Å². The van der Waals surface area contributed by atoms with E-state index in [0.717, 1.165) is 37.0 Å². The van der Waals surface area contributed by atoms with Crippen LogP contribution < -0.4 is 5.32 Å². The summed E-state index contributed by atoms with van der Waals surface area (Å²) in [7, 11) is 0. The highest BCUT2D eigenvalue weighted by molar-refractivity contribution is 5.81. The first-order valence-electron chi connectivity index (χ1n) is 8.19. The van der Waals surface area contributed by atoms with Crippen LogP contribution in [0.15, 0.2) is 42.7 Å². The lowest BCUT2D eigenvalue weighted by Crippen LogP contribution is -2.26. The van der Waals surface area contributed by atoms with E-state index in [0.29, 0.717) is 5.82 Å². The third kappa shape index (κ3) is 3.29. The predicted octanol–water partition coefficient (Wildman–Crippen LogP) is 2.55. The summed E-state index contributed by atoms with van der Waals surface area (Å²) in [5.41, 5.74) is 2.34. The van der Waals surface area contributed by atoms with Crippen LogP contribution in [0.2, 0.25) is 0 Å². The van der Waals surface area contributed by atoms with Crippen molar-refractivity contribution in [1.29, 1.82) is 0 Å². The molecule has 2 aromatic heterocycles. The number of para-hydroxylation sites is 1. The molecule has 1 fully saturated rings. The highest BCUT2D eigenvalue weighted by atomic mass is 16.6. The molecule has 128 valence electrons. The van der Waals surface area contributed by atoms with Gasteiger partial charge < -0.3 is 5.32 Å². The second kappa shape index (κ2) is 6.48. The molecule has 4 rings (SSSR count). The zero-order chi connectivity index (χ0) is 17.2. The molecule has 8 heteroatoms. The lowest BCUT2D eigenvalue weighted by Gasteiger charge is -2.17. The largest absolute Gasteiger partial charge is 0.366 e. The zero-order valence-electron chi connectivity index (χ0n) is 13.6. The second-order valence-corrected chi connectivity index (χ2v) is 6.28. The smallest absolute Gasteiger partial charge is 0.287 e. The third-order valence-corrected chi connectivity index (χ3v) is 4.54. The van der Waals surface area contributed by atoms with Crippen molar-refractivity contribution in [3.05, 3.63) is 58.4 Å². The average Bonchev–Trinajstić information content (AvgIpc) is 3.25. The van der Waals surface area contributed by atoms with Crippen LogP contribution in [-0.4, -0.2) is 44.1 Å². The molecule has 0 bridgehead atoms. The molecule has 2 N–H and O–H groups in total. The van der Waals surface area contributed by atoms with Gasteiger partial charge in [-0.25, -0.2) is 4.98 Å². The first kappa shape index (κ1) is 15.5. The second-order valence-electron chi connectivity index (χ2n) is 6.28. The van der Waals surface area contributed by atoms with E-state index in [1.807, 2.05) is 6.20 Å². The van der Waals surface area contributed by atoms with Gasteiger partial charge in [0.05, 0.1) is 16.6 Å². The first-order valence-corrected chi connectivity index (χ1v) is 8.19. The highest BCUT2D eigenvalue weighted by Gasteiger charge is 2.23. The molecule has 0 spiro atoms. The van der Waals surface area contributed by atoms with Crippen LogP contribution in [0.5, 0.6) is 0 Å². The highest BCUT2D eigenvalue weighted by Crippen LogP contribution is 2.21. The van der Waals surface area contributed by atoms with Gasteiger partial charge in [-0.1, -0.05) is 18.2 Å². The summed E-state index contributed by atoms with van der Waals surface area (Å²) in [5.74, 6) is 0.674. The van der Waals surface area contributed by atoms with Crippen LogP contribution in [0.4, 0.5) is 11.5 Å². The quantitative estimate of drug-likeness (QED) is 0.548. The van der Waals surface area contributed by atoms with Gasteiger partial charge in [0.2, 0.25) is 0 Å². The molecule has 1 aliphatic rings. The van der Waals surface area contributed by atoms with Crippen molar-refractivity contribution in [2.45, 2.75) is 19.0 Å². The number of rotatable bonds is 5. The lowest BCUT2D eigenvalue weighted by atomic mass is 10.1. The number of benzene rings is 1. The number of nitrogens with zero attached hydrogens (tertiary/aromatic N) is 4. The van der Waals surface area contributed by atoms with Crippen LogP contribution >= 0.6 is 0 Å². The van der Waals surface area contributed by atoms with Crippen LogP contribution in [0.25, 0.3) is 10.9 Å². The van der Waals surface area contributed by atoms with Crippen molar-refractivity contribution in [3.63, 3.8) is 0 Å². The fraction of sp³-hybridized carbons (Fsp3) is 0.294. The molecule has 3 aromatic rings. The molecule has 0 amide bonds. The maximum Gasteiger partial charge on any atom is 0.287 e. The normalized spacial score (nSPS) is 17.8. The van der Waals surface area contributed by atoms with E-state index in [4.69, 9.17) is 0 Å². The Morgan fingerprint density at radius 2 is 2.24 bits per heavy atom. The van der Waals surface area contributed by atoms with E-state index in [2.05, 4.69) is 43.6 Å². The van der Waals surface area contributed by atoms with Crippen molar-refractivity contribution in [1.82, 2.24) is 20.1 Å². The van der Waals surface area contributed by atoms with Crippen molar-refractivity contribution in [2.75, 3.05) is 18.4 Å². The molecule has 1 atom stereocenters. The zero-order valence-corrected chi connectivity index (χ0v) is 13.6. The number of likely N-dealkylation sites (tertiary alicyclic amines) is 1. The predicted molar refractivity (Wildman–Crippen MR) is 94.3 cm³/mol. The van der Waals surface area contributed by atoms with Gasteiger partial charge in [-0.05, 0) is 18.1 Å². The van der Waals surface area contributed by atoms with Gasteiger partial charge >= 0.3 is 0 Å². The minimum Gasteiger partial charge on any atom is -0.366 e. The van der Waals surface area contributed by atoms with E-state index in [1.165, 1.54) is 17.8 Å². The summed E-state index contributed by atoms with van der Waals surface area (Å²) in [6, 6.07) is 9.65. The Balaban J connectivity index is 1.38. The maximum absolute atomic E-state index is 10.7. The summed E-state index contributed by atoms with van der Waals surface area (Å²) in [6.07, 6.45) is 4.14. The molecule has 3 heterocycles. The van der Waals surface area contributed by atoms with E-state index in [1.54, 1.807) is 6.07 Å². The number of nitrogens with one attached hydrogen (secondary N) is 2. The molecule has 1 saturated heterocycles. The standard InChI is InChI=1S/C17H18N6O2/c24-23(25)15-4-5-16(18-9-15)20-14-6-7-22(11-14)10-13-3-1-2-12-8-19-21-17(12)13/h1-5,8-9,14H,6-7,10-11H2,(H,18,20)(H,19,21)/t14-/m0/s1. The number of nitro groups is 1. The Labute approximate surface area is 144 Å².